The Bertz CT molecular complexity index is 985. The van der Waals surface area contributed by atoms with E-state index in [2.05, 4.69) is 25.6 Å². The van der Waals surface area contributed by atoms with Crippen molar-refractivity contribution in [1.29, 1.82) is 0 Å². The van der Waals surface area contributed by atoms with Gasteiger partial charge in [0.1, 0.15) is 17.2 Å². The lowest BCUT2D eigenvalue weighted by Crippen LogP contribution is -2.18. The van der Waals surface area contributed by atoms with E-state index in [1.165, 1.54) is 12.1 Å². The monoisotopic (exact) mass is 420 g/mol. The highest BCUT2D eigenvalue weighted by Crippen LogP contribution is 2.34. The van der Waals surface area contributed by atoms with Gasteiger partial charge in [0.25, 0.3) is 0 Å². The van der Waals surface area contributed by atoms with Gasteiger partial charge in [0.15, 0.2) is 5.65 Å². The molecule has 1 aliphatic heterocycles. The van der Waals surface area contributed by atoms with Crippen LogP contribution in [0.3, 0.4) is 0 Å². The molecule has 29 heavy (non-hydrogen) atoms. The van der Waals surface area contributed by atoms with Crippen LogP contribution in [0.2, 0.25) is 0 Å². The van der Waals surface area contributed by atoms with Gasteiger partial charge >= 0.3 is 0 Å². The lowest BCUT2D eigenvalue weighted by Gasteiger charge is -2.25. The molecule has 1 fully saturated rings. The minimum absolute atomic E-state index is 0. The summed E-state index contributed by atoms with van der Waals surface area (Å²) in [5.74, 6) is 1.86. The summed E-state index contributed by atoms with van der Waals surface area (Å²) in [7, 11) is 0. The molecule has 1 aliphatic rings. The second-order valence-electron chi connectivity index (χ2n) is 7.10. The van der Waals surface area contributed by atoms with Crippen LogP contribution in [0.5, 0.6) is 0 Å². The number of anilines is 3. The summed E-state index contributed by atoms with van der Waals surface area (Å²) in [6, 6.07) is 3.87. The number of nitrogens with one attached hydrogen (secondary N) is 2. The van der Waals surface area contributed by atoms with Gasteiger partial charge in [-0.2, -0.15) is 16.7 Å². The van der Waals surface area contributed by atoms with Crippen LogP contribution in [-0.2, 0) is 0 Å². The summed E-state index contributed by atoms with van der Waals surface area (Å²) in [5.41, 5.74) is 1.52. The summed E-state index contributed by atoms with van der Waals surface area (Å²) in [6.45, 7) is 4.04. The fourth-order valence-corrected chi connectivity index (χ4v) is 4.39. The first-order chi connectivity index (χ1) is 13.5. The fraction of sp³-hybridized carbons (Fsp3) is 0.450. The predicted molar refractivity (Wildman–Crippen MR) is 116 cm³/mol. The largest absolute Gasteiger partial charge is 0.352 e. The summed E-state index contributed by atoms with van der Waals surface area (Å²) in [4.78, 5) is 13.6. The molecule has 1 aromatic carbocycles. The Morgan fingerprint density at radius 2 is 1.93 bits per heavy atom. The van der Waals surface area contributed by atoms with Crippen molar-refractivity contribution in [2.75, 3.05) is 22.1 Å². The van der Waals surface area contributed by atoms with Crippen molar-refractivity contribution in [2.24, 2.45) is 0 Å². The number of nitrogens with zero attached hydrogens (tertiary/aromatic N) is 4. The first-order valence-electron chi connectivity index (χ1n) is 9.32. The lowest BCUT2D eigenvalue weighted by atomic mass is 10.1. The number of fused-ring (bicyclic) bond motifs is 1. The number of hydrogen-bond acceptors (Lipinski definition) is 6. The Labute approximate surface area is 173 Å². The molecule has 0 spiro atoms. The molecule has 2 aromatic heterocycles. The van der Waals surface area contributed by atoms with Crippen LogP contribution in [-0.4, -0.2) is 37.1 Å². The highest BCUT2D eigenvalue weighted by Gasteiger charge is 2.24. The van der Waals surface area contributed by atoms with Crippen molar-refractivity contribution in [3.63, 3.8) is 0 Å². The summed E-state index contributed by atoms with van der Waals surface area (Å²) in [6.07, 6.45) is 3.63. The third kappa shape index (κ3) is 4.60. The Morgan fingerprint density at radius 3 is 2.62 bits per heavy atom. The first kappa shape index (κ1) is 21.3. The average molecular weight is 421 g/mol. The summed E-state index contributed by atoms with van der Waals surface area (Å²) in [5, 5.41) is 6.24. The fourth-order valence-electron chi connectivity index (χ4n) is 3.31. The number of imidazole rings is 1. The van der Waals surface area contributed by atoms with E-state index in [0.717, 1.165) is 30.4 Å². The van der Waals surface area contributed by atoms with Crippen molar-refractivity contribution in [1.82, 2.24) is 19.5 Å². The van der Waals surface area contributed by atoms with Gasteiger partial charge in [0, 0.05) is 18.2 Å². The normalized spacial score (nSPS) is 14.8. The van der Waals surface area contributed by atoms with Gasteiger partial charge < -0.3 is 10.6 Å². The highest BCUT2D eigenvalue weighted by atomic mass is 32.2. The quantitative estimate of drug-likeness (QED) is 0.578. The van der Waals surface area contributed by atoms with Gasteiger partial charge in [0.2, 0.25) is 11.9 Å². The Kier molecular flexibility index (Phi) is 6.56. The van der Waals surface area contributed by atoms with Gasteiger partial charge in [0.05, 0.1) is 11.9 Å². The van der Waals surface area contributed by atoms with E-state index in [-0.39, 0.29) is 25.2 Å². The first-order valence-corrected chi connectivity index (χ1v) is 10.5. The molecule has 0 amide bonds. The molecule has 0 atom stereocenters. The number of rotatable bonds is 5. The molecule has 3 aromatic rings. The maximum Gasteiger partial charge on any atom is 0.224 e. The van der Waals surface area contributed by atoms with E-state index in [1.54, 1.807) is 6.20 Å². The van der Waals surface area contributed by atoms with Crippen molar-refractivity contribution in [3.05, 3.63) is 36.0 Å². The molecule has 4 rings (SSSR count). The maximum absolute atomic E-state index is 14.2. The topological polar surface area (TPSA) is 67.7 Å². The van der Waals surface area contributed by atoms with E-state index >= 15 is 0 Å². The highest BCUT2D eigenvalue weighted by molar-refractivity contribution is 7.99. The summed E-state index contributed by atoms with van der Waals surface area (Å²) >= 11 is 1.93. The minimum atomic E-state index is -0.661. The molecular formula is C20H26F2N6S. The number of hydrogen-bond donors (Lipinski definition) is 2. The van der Waals surface area contributed by atoms with Gasteiger partial charge in [-0.15, -0.1) is 0 Å². The van der Waals surface area contributed by atoms with E-state index < -0.39 is 11.6 Å². The second-order valence-corrected chi connectivity index (χ2v) is 8.32. The molecule has 2 N–H and O–H groups in total. The standard InChI is InChI=1S/C19H22F2N6S.CH4/c1-11(2)23-18-22-10-16-17(26-18)27(13-5-7-28-8-6-13)19(25-16)24-15-4-3-12(20)9-14(15)21;/h3-4,9-11,13H,5-8H2,1-2H3,(H,24,25)(H,22,23,26);1H4. The minimum Gasteiger partial charge on any atom is -0.352 e. The SMILES string of the molecule is C.CC(C)Nc1ncc2nc(Nc3ccc(F)cc3F)n(C3CCSCC3)c2n1. The molecule has 0 radical (unpaired) electrons. The van der Waals surface area contributed by atoms with Crippen LogP contribution in [0.1, 0.15) is 40.2 Å². The van der Waals surface area contributed by atoms with Crippen molar-refractivity contribution < 1.29 is 8.78 Å². The zero-order valence-electron chi connectivity index (χ0n) is 15.7. The van der Waals surface area contributed by atoms with E-state index in [4.69, 9.17) is 0 Å². The molecule has 9 heteroatoms. The molecular weight excluding hydrogens is 394 g/mol. The second kappa shape index (κ2) is 8.94. The molecule has 6 nitrogen and oxygen atoms in total. The van der Waals surface area contributed by atoms with Crippen LogP contribution < -0.4 is 10.6 Å². The maximum atomic E-state index is 14.2. The van der Waals surface area contributed by atoms with Crippen molar-refractivity contribution in [2.45, 2.75) is 46.2 Å². The van der Waals surface area contributed by atoms with Crippen molar-refractivity contribution in [3.8, 4) is 0 Å². The zero-order valence-corrected chi connectivity index (χ0v) is 16.6. The van der Waals surface area contributed by atoms with Gasteiger partial charge in [-0.3, -0.25) is 4.57 Å². The van der Waals surface area contributed by atoms with Crippen molar-refractivity contribution >= 4 is 40.5 Å². The summed E-state index contributed by atoms with van der Waals surface area (Å²) < 4.78 is 29.5. The van der Waals surface area contributed by atoms with Crippen LogP contribution in [0.4, 0.5) is 26.4 Å². The molecule has 0 aliphatic carbocycles. The molecule has 156 valence electrons. The number of thioether (sulfide) groups is 1. The van der Waals surface area contributed by atoms with Crippen LogP contribution >= 0.6 is 11.8 Å². The Balaban J connectivity index is 0.00000240. The molecule has 0 unspecified atom stereocenters. The Morgan fingerprint density at radius 1 is 1.17 bits per heavy atom. The third-order valence-corrected chi connectivity index (χ3v) is 5.63. The zero-order chi connectivity index (χ0) is 19.7. The van der Waals surface area contributed by atoms with Crippen LogP contribution in [0, 0.1) is 11.6 Å². The molecule has 0 saturated carbocycles. The van der Waals surface area contributed by atoms with Crippen LogP contribution in [0.25, 0.3) is 11.2 Å². The third-order valence-electron chi connectivity index (χ3n) is 4.58. The number of benzene rings is 1. The average Bonchev–Trinajstić information content (AvgIpc) is 3.01. The predicted octanol–water partition coefficient (Wildman–Crippen LogP) is 5.37. The van der Waals surface area contributed by atoms with Gasteiger partial charge in [-0.25, -0.2) is 18.7 Å². The molecule has 1 saturated heterocycles. The smallest absolute Gasteiger partial charge is 0.224 e. The van der Waals surface area contributed by atoms with Crippen LogP contribution in [0.15, 0.2) is 24.4 Å². The van der Waals surface area contributed by atoms with E-state index in [1.807, 2.05) is 30.2 Å². The number of halogens is 2. The van der Waals surface area contributed by atoms with E-state index in [0.29, 0.717) is 23.1 Å². The molecule has 0 bridgehead atoms. The lowest BCUT2D eigenvalue weighted by molar-refractivity contribution is 0.483. The van der Waals surface area contributed by atoms with E-state index in [9.17, 15) is 8.78 Å². The number of aromatic nitrogens is 4. The molecule has 3 heterocycles. The van der Waals surface area contributed by atoms with Gasteiger partial charge in [-0.05, 0) is 50.3 Å². The van der Waals surface area contributed by atoms with Gasteiger partial charge in [-0.1, -0.05) is 7.43 Å². The Hall–Kier alpha value is -2.42.